The van der Waals surface area contributed by atoms with E-state index in [1.54, 1.807) is 13.8 Å². The molecule has 2 nitrogen and oxygen atoms in total. The lowest BCUT2D eigenvalue weighted by Gasteiger charge is -2.32. The summed E-state index contributed by atoms with van der Waals surface area (Å²) in [6.45, 7) is 3.15. The van der Waals surface area contributed by atoms with Crippen molar-refractivity contribution in [1.29, 1.82) is 0 Å². The van der Waals surface area contributed by atoms with Gasteiger partial charge in [-0.1, -0.05) is 18.2 Å². The van der Waals surface area contributed by atoms with Gasteiger partial charge in [-0.15, -0.1) is 0 Å². The predicted molar refractivity (Wildman–Crippen MR) is 67.7 cm³/mol. The van der Waals surface area contributed by atoms with Crippen molar-refractivity contribution >= 4 is 0 Å². The Kier molecular flexibility index (Phi) is 5.56. The highest BCUT2D eigenvalue weighted by atomic mass is 19.4. The predicted octanol–water partition coefficient (Wildman–Crippen LogP) is 4.73. The van der Waals surface area contributed by atoms with E-state index in [0.717, 1.165) is 6.07 Å². The summed E-state index contributed by atoms with van der Waals surface area (Å²) in [5.74, 6) is -0.110. The summed E-state index contributed by atoms with van der Waals surface area (Å²) in [6, 6.07) is 5.05. The molecule has 1 N–H and O–H groups in total. The Morgan fingerprint density at radius 1 is 0.957 bits per heavy atom. The van der Waals surface area contributed by atoms with Crippen LogP contribution >= 0.6 is 0 Å². The number of ether oxygens (including phenoxy) is 1. The molecule has 0 aromatic heterocycles. The average molecular weight is 348 g/mol. The highest BCUT2D eigenvalue weighted by Gasteiger charge is 2.72. The zero-order valence-electron chi connectivity index (χ0n) is 12.2. The van der Waals surface area contributed by atoms with E-state index in [4.69, 9.17) is 4.74 Å². The molecule has 1 unspecified atom stereocenters. The third kappa shape index (κ3) is 4.27. The molecule has 0 heterocycles. The minimum atomic E-state index is -6.21. The van der Waals surface area contributed by atoms with Crippen LogP contribution in [0.15, 0.2) is 24.3 Å². The van der Waals surface area contributed by atoms with Crippen LogP contribution in [0.2, 0.25) is 0 Å². The summed E-state index contributed by atoms with van der Waals surface area (Å²) in [4.78, 5) is 0. The molecule has 0 aliphatic carbocycles. The molecule has 23 heavy (non-hydrogen) atoms. The molecule has 0 saturated carbocycles. The van der Waals surface area contributed by atoms with Crippen molar-refractivity contribution in [2.24, 2.45) is 0 Å². The molecule has 9 heteroatoms. The summed E-state index contributed by atoms with van der Waals surface area (Å²) >= 11 is 0. The second-order valence-electron chi connectivity index (χ2n) is 5.22. The lowest BCUT2D eigenvalue weighted by molar-refractivity contribution is -0.347. The van der Waals surface area contributed by atoms with Crippen LogP contribution in [0.4, 0.5) is 30.7 Å². The number of aliphatic hydroxyl groups is 1. The van der Waals surface area contributed by atoms with E-state index in [1.165, 1.54) is 18.2 Å². The second-order valence-corrected chi connectivity index (χ2v) is 5.22. The third-order valence-corrected chi connectivity index (χ3v) is 3.01. The van der Waals surface area contributed by atoms with Gasteiger partial charge in [0.25, 0.3) is 0 Å². The molecule has 0 fully saturated rings. The first kappa shape index (κ1) is 19.5. The van der Waals surface area contributed by atoms with Gasteiger partial charge in [0.15, 0.2) is 0 Å². The van der Waals surface area contributed by atoms with Crippen LogP contribution in [0.25, 0.3) is 0 Å². The van der Waals surface area contributed by atoms with Crippen molar-refractivity contribution in [3.63, 3.8) is 0 Å². The summed E-state index contributed by atoms with van der Waals surface area (Å²) < 4.78 is 94.2. The standard InChI is InChI=1S/C14H15F7O2/c1-8(2)23-11-6-4-3-5-9(11)10(22)7-12(15,13(16,17)18)14(19,20)21/h3-6,8,10,22H,7H2,1-2H3. The third-order valence-electron chi connectivity index (χ3n) is 3.01. The van der Waals surface area contributed by atoms with Crippen LogP contribution < -0.4 is 4.74 Å². The van der Waals surface area contributed by atoms with Gasteiger partial charge in [-0.2, -0.15) is 26.3 Å². The van der Waals surface area contributed by atoms with Crippen LogP contribution in [0.5, 0.6) is 5.75 Å². The van der Waals surface area contributed by atoms with Crippen molar-refractivity contribution in [2.45, 2.75) is 50.5 Å². The molecule has 132 valence electrons. The Morgan fingerprint density at radius 2 is 1.43 bits per heavy atom. The van der Waals surface area contributed by atoms with Crippen LogP contribution in [0.3, 0.4) is 0 Å². The van der Waals surface area contributed by atoms with Gasteiger partial charge in [-0.25, -0.2) is 4.39 Å². The highest BCUT2D eigenvalue weighted by molar-refractivity contribution is 5.35. The van der Waals surface area contributed by atoms with Gasteiger partial charge in [0.1, 0.15) is 5.75 Å². The van der Waals surface area contributed by atoms with Crippen LogP contribution in [-0.4, -0.2) is 29.2 Å². The van der Waals surface area contributed by atoms with Crippen molar-refractivity contribution in [2.75, 3.05) is 0 Å². The minimum absolute atomic E-state index is 0.110. The van der Waals surface area contributed by atoms with Crippen molar-refractivity contribution in [3.8, 4) is 5.75 Å². The Morgan fingerprint density at radius 3 is 1.87 bits per heavy atom. The summed E-state index contributed by atoms with van der Waals surface area (Å²) in [7, 11) is 0. The largest absolute Gasteiger partial charge is 0.491 e. The molecule has 0 amide bonds. The molecule has 0 aliphatic rings. The topological polar surface area (TPSA) is 29.5 Å². The van der Waals surface area contributed by atoms with Crippen LogP contribution in [0, 0.1) is 0 Å². The van der Waals surface area contributed by atoms with Gasteiger partial charge in [-0.3, -0.25) is 0 Å². The number of hydrogen-bond donors (Lipinski definition) is 1. The maximum absolute atomic E-state index is 13.7. The average Bonchev–Trinajstić information content (AvgIpc) is 2.35. The lowest BCUT2D eigenvalue weighted by Crippen LogP contribution is -2.54. The van der Waals surface area contributed by atoms with Crippen LogP contribution in [0.1, 0.15) is 31.9 Å². The van der Waals surface area contributed by atoms with E-state index >= 15 is 0 Å². The lowest BCUT2D eigenvalue weighted by atomic mass is 9.92. The Hall–Kier alpha value is -1.51. The fourth-order valence-electron chi connectivity index (χ4n) is 1.89. The number of aliphatic hydroxyl groups excluding tert-OH is 1. The first-order valence-electron chi connectivity index (χ1n) is 6.55. The Balaban J connectivity index is 3.18. The SMILES string of the molecule is CC(C)Oc1ccccc1C(O)CC(F)(C(F)(F)F)C(F)(F)F. The van der Waals surface area contributed by atoms with E-state index < -0.39 is 36.7 Å². The summed E-state index contributed by atoms with van der Waals surface area (Å²) in [5, 5.41) is 9.76. The summed E-state index contributed by atoms with van der Waals surface area (Å²) in [5.41, 5.74) is -5.87. The monoisotopic (exact) mass is 348 g/mol. The van der Waals surface area contributed by atoms with E-state index in [1.807, 2.05) is 0 Å². The van der Waals surface area contributed by atoms with Crippen molar-refractivity contribution < 1.29 is 40.6 Å². The quantitative estimate of drug-likeness (QED) is 0.780. The van der Waals surface area contributed by atoms with Gasteiger partial charge >= 0.3 is 18.0 Å². The number of para-hydroxylation sites is 1. The van der Waals surface area contributed by atoms with Gasteiger partial charge in [0.05, 0.1) is 12.2 Å². The van der Waals surface area contributed by atoms with Crippen molar-refractivity contribution in [3.05, 3.63) is 29.8 Å². The molecule has 1 rings (SSSR count). The molecule has 0 aliphatic heterocycles. The Labute approximate surface area is 127 Å². The van der Waals surface area contributed by atoms with Crippen LogP contribution in [-0.2, 0) is 0 Å². The zero-order chi connectivity index (χ0) is 18.1. The maximum Gasteiger partial charge on any atom is 0.431 e. The highest BCUT2D eigenvalue weighted by Crippen LogP contribution is 2.51. The molecular formula is C14H15F7O2. The maximum atomic E-state index is 13.7. The first-order valence-corrected chi connectivity index (χ1v) is 6.55. The van der Waals surface area contributed by atoms with Crippen molar-refractivity contribution in [1.82, 2.24) is 0 Å². The van der Waals surface area contributed by atoms with Gasteiger partial charge < -0.3 is 9.84 Å². The molecule has 1 atom stereocenters. The molecular weight excluding hydrogens is 333 g/mol. The molecule has 0 bridgehead atoms. The number of hydrogen-bond acceptors (Lipinski definition) is 2. The fourth-order valence-corrected chi connectivity index (χ4v) is 1.89. The van der Waals surface area contributed by atoms with Gasteiger partial charge in [-0.05, 0) is 19.9 Å². The van der Waals surface area contributed by atoms with E-state index in [2.05, 4.69) is 0 Å². The van der Waals surface area contributed by atoms with E-state index in [-0.39, 0.29) is 11.3 Å². The zero-order valence-corrected chi connectivity index (χ0v) is 12.2. The summed E-state index contributed by atoms with van der Waals surface area (Å²) in [6.07, 6.45) is -17.4. The fraction of sp³-hybridized carbons (Fsp3) is 0.571. The normalized spacial score (nSPS) is 14.9. The molecule has 0 saturated heterocycles. The van der Waals surface area contributed by atoms with E-state index in [0.29, 0.717) is 0 Å². The molecule has 0 spiro atoms. The van der Waals surface area contributed by atoms with Gasteiger partial charge in [0.2, 0.25) is 0 Å². The minimum Gasteiger partial charge on any atom is -0.491 e. The number of halogens is 7. The number of rotatable bonds is 5. The van der Waals surface area contributed by atoms with Gasteiger partial charge in [0, 0.05) is 12.0 Å². The molecule has 0 radical (unpaired) electrons. The van der Waals surface area contributed by atoms with E-state index in [9.17, 15) is 35.8 Å². The second kappa shape index (κ2) is 6.54. The first-order chi connectivity index (χ1) is 10.3. The number of alkyl halides is 7. The molecule has 1 aromatic carbocycles. The number of benzene rings is 1. The molecule has 1 aromatic rings. The smallest absolute Gasteiger partial charge is 0.431 e. The Bertz CT molecular complexity index is 509.